The van der Waals surface area contributed by atoms with Crippen LogP contribution in [0.4, 0.5) is 4.79 Å². The molecule has 1 aromatic rings. The van der Waals surface area contributed by atoms with Gasteiger partial charge >= 0.3 is 12.0 Å². The minimum Gasteiger partial charge on any atom is -0.481 e. The van der Waals surface area contributed by atoms with E-state index >= 15 is 0 Å². The molecular weight excluding hydrogens is 276 g/mol. The molecule has 0 bridgehead atoms. The van der Waals surface area contributed by atoms with Gasteiger partial charge in [0.25, 0.3) is 0 Å². The van der Waals surface area contributed by atoms with Crippen LogP contribution >= 0.6 is 0 Å². The number of tetrazole rings is 1. The van der Waals surface area contributed by atoms with Crippen LogP contribution in [0.1, 0.15) is 45.0 Å². The Morgan fingerprint density at radius 2 is 2.33 bits per heavy atom. The molecule has 9 nitrogen and oxygen atoms in total. The number of carboxylic acids is 1. The number of H-pyrrole nitrogens is 1. The highest BCUT2D eigenvalue weighted by molar-refractivity contribution is 5.79. The Hall–Kier alpha value is -2.19. The lowest BCUT2D eigenvalue weighted by Crippen LogP contribution is -2.42. The molecule has 0 spiro atoms. The molecule has 0 radical (unpaired) electrons. The number of aromatic amines is 1. The van der Waals surface area contributed by atoms with E-state index in [4.69, 9.17) is 0 Å². The van der Waals surface area contributed by atoms with Crippen molar-refractivity contribution < 1.29 is 14.7 Å². The summed E-state index contributed by atoms with van der Waals surface area (Å²) in [5.74, 6) is -0.438. The molecule has 1 aromatic heterocycles. The zero-order valence-corrected chi connectivity index (χ0v) is 12.2. The fourth-order valence-corrected chi connectivity index (χ4v) is 2.70. The highest BCUT2D eigenvalue weighted by Gasteiger charge is 2.45. The van der Waals surface area contributed by atoms with Crippen molar-refractivity contribution >= 4 is 12.0 Å². The Balaban J connectivity index is 1.97. The van der Waals surface area contributed by atoms with Gasteiger partial charge in [-0.15, -0.1) is 10.2 Å². The van der Waals surface area contributed by atoms with Crippen LogP contribution in [0.3, 0.4) is 0 Å². The van der Waals surface area contributed by atoms with Crippen molar-refractivity contribution in [2.75, 3.05) is 13.1 Å². The number of carboxylic acid groups (broad SMARTS) is 1. The Morgan fingerprint density at radius 1 is 1.57 bits per heavy atom. The molecule has 3 N–H and O–H groups in total. The van der Waals surface area contributed by atoms with Gasteiger partial charge in [0.05, 0.1) is 11.5 Å². The summed E-state index contributed by atoms with van der Waals surface area (Å²) in [5, 5.41) is 25.6. The van der Waals surface area contributed by atoms with Gasteiger partial charge in [-0.05, 0) is 19.8 Å². The van der Waals surface area contributed by atoms with Crippen molar-refractivity contribution in [3.8, 4) is 0 Å². The number of rotatable bonds is 5. The van der Waals surface area contributed by atoms with Crippen molar-refractivity contribution in [1.82, 2.24) is 30.8 Å². The van der Waals surface area contributed by atoms with Gasteiger partial charge in [-0.2, -0.15) is 5.21 Å². The van der Waals surface area contributed by atoms with Crippen LogP contribution in [-0.4, -0.2) is 55.7 Å². The quantitative estimate of drug-likeness (QED) is 0.728. The number of nitrogens with zero attached hydrogens (tertiary/aromatic N) is 4. The summed E-state index contributed by atoms with van der Waals surface area (Å²) in [5.41, 5.74) is -0.818. The fourth-order valence-electron chi connectivity index (χ4n) is 2.70. The van der Waals surface area contributed by atoms with Crippen LogP contribution in [0, 0.1) is 5.41 Å². The average Bonchev–Trinajstić information content (AvgIpc) is 3.09. The Morgan fingerprint density at radius 3 is 2.90 bits per heavy atom. The third-order valence-electron chi connectivity index (χ3n) is 3.91. The van der Waals surface area contributed by atoms with E-state index < -0.39 is 11.4 Å². The van der Waals surface area contributed by atoms with Gasteiger partial charge in [0.1, 0.15) is 0 Å². The number of carbonyl (C=O) groups is 2. The number of likely N-dealkylation sites (tertiary alicyclic amines) is 1. The molecule has 0 saturated carbocycles. The predicted molar refractivity (Wildman–Crippen MR) is 72.3 cm³/mol. The number of hydrogen-bond acceptors (Lipinski definition) is 5. The second-order valence-electron chi connectivity index (χ2n) is 5.45. The summed E-state index contributed by atoms with van der Waals surface area (Å²) >= 11 is 0. The van der Waals surface area contributed by atoms with Crippen LogP contribution < -0.4 is 5.32 Å². The van der Waals surface area contributed by atoms with Crippen molar-refractivity contribution in [1.29, 1.82) is 0 Å². The second-order valence-corrected chi connectivity index (χ2v) is 5.45. The molecule has 2 unspecified atom stereocenters. The van der Waals surface area contributed by atoms with E-state index in [0.717, 1.165) is 6.42 Å². The topological polar surface area (TPSA) is 124 Å². The molecule has 0 aliphatic carbocycles. The van der Waals surface area contributed by atoms with E-state index in [2.05, 4.69) is 25.9 Å². The maximum atomic E-state index is 12.2. The predicted octanol–water partition coefficient (Wildman–Crippen LogP) is 0.547. The first kappa shape index (κ1) is 15.2. The second kappa shape index (κ2) is 6.06. The number of nitrogens with one attached hydrogen (secondary N) is 2. The first-order valence-corrected chi connectivity index (χ1v) is 7.00. The molecule has 9 heteroatoms. The maximum Gasteiger partial charge on any atom is 0.318 e. The highest BCUT2D eigenvalue weighted by Crippen LogP contribution is 2.35. The lowest BCUT2D eigenvalue weighted by molar-refractivity contribution is -0.148. The molecule has 2 heterocycles. The van der Waals surface area contributed by atoms with Gasteiger partial charge in [-0.25, -0.2) is 4.79 Å². The number of amides is 2. The van der Waals surface area contributed by atoms with Gasteiger partial charge < -0.3 is 15.3 Å². The molecule has 21 heavy (non-hydrogen) atoms. The van der Waals surface area contributed by atoms with E-state index in [1.54, 1.807) is 11.8 Å². The Bertz CT molecular complexity index is 505. The molecule has 2 atom stereocenters. The summed E-state index contributed by atoms with van der Waals surface area (Å²) in [4.78, 5) is 25.2. The normalized spacial score (nSPS) is 23.0. The standard InChI is InChI=1S/C12H20N6O3/c1-3-4-12(10(19)20)5-6-18(7-12)11(21)13-8(2)9-14-16-17-15-9/h8H,3-7H2,1-2H3,(H,13,21)(H,19,20)(H,14,15,16,17). The van der Waals surface area contributed by atoms with Gasteiger partial charge in [0.2, 0.25) is 0 Å². The van der Waals surface area contributed by atoms with Gasteiger partial charge in [-0.1, -0.05) is 18.6 Å². The van der Waals surface area contributed by atoms with Crippen LogP contribution in [0.15, 0.2) is 0 Å². The summed E-state index contributed by atoms with van der Waals surface area (Å²) in [6, 6.07) is -0.686. The molecule has 1 saturated heterocycles. The van der Waals surface area contributed by atoms with Crippen molar-refractivity contribution in [2.24, 2.45) is 5.41 Å². The summed E-state index contributed by atoms with van der Waals surface area (Å²) in [6.07, 6.45) is 1.84. The number of carbonyl (C=O) groups excluding carboxylic acids is 1. The summed E-state index contributed by atoms with van der Waals surface area (Å²) < 4.78 is 0. The molecule has 1 fully saturated rings. The molecular formula is C12H20N6O3. The van der Waals surface area contributed by atoms with Crippen LogP contribution in [-0.2, 0) is 4.79 Å². The molecule has 0 aromatic carbocycles. The zero-order valence-electron chi connectivity index (χ0n) is 12.2. The van der Waals surface area contributed by atoms with E-state index in [9.17, 15) is 14.7 Å². The number of aromatic nitrogens is 4. The first-order chi connectivity index (χ1) is 9.98. The summed E-state index contributed by atoms with van der Waals surface area (Å²) in [7, 11) is 0. The molecule has 1 aliphatic heterocycles. The third-order valence-corrected chi connectivity index (χ3v) is 3.91. The minimum absolute atomic E-state index is 0.237. The molecule has 1 aliphatic rings. The van der Waals surface area contributed by atoms with Crippen LogP contribution in [0.25, 0.3) is 0 Å². The smallest absolute Gasteiger partial charge is 0.318 e. The van der Waals surface area contributed by atoms with Crippen molar-refractivity contribution in [3.63, 3.8) is 0 Å². The summed E-state index contributed by atoms with van der Waals surface area (Å²) in [6.45, 7) is 4.37. The van der Waals surface area contributed by atoms with Crippen molar-refractivity contribution in [2.45, 2.75) is 39.2 Å². The maximum absolute atomic E-state index is 12.2. The highest BCUT2D eigenvalue weighted by atomic mass is 16.4. The lowest BCUT2D eigenvalue weighted by Gasteiger charge is -2.24. The van der Waals surface area contributed by atoms with E-state index in [1.807, 2.05) is 6.92 Å². The third kappa shape index (κ3) is 3.11. The number of urea groups is 1. The Kier molecular flexibility index (Phi) is 4.39. The first-order valence-electron chi connectivity index (χ1n) is 7.00. The SMILES string of the molecule is CCCC1(C(=O)O)CCN(C(=O)NC(C)c2nn[nH]n2)C1. The Labute approximate surface area is 122 Å². The zero-order chi connectivity index (χ0) is 15.5. The lowest BCUT2D eigenvalue weighted by atomic mass is 9.83. The number of aliphatic carboxylic acids is 1. The van der Waals surface area contributed by atoms with Gasteiger partial charge in [0.15, 0.2) is 5.82 Å². The van der Waals surface area contributed by atoms with Gasteiger partial charge in [-0.3, -0.25) is 4.79 Å². The fraction of sp³-hybridized carbons (Fsp3) is 0.750. The van der Waals surface area contributed by atoms with E-state index in [1.165, 1.54) is 0 Å². The van der Waals surface area contributed by atoms with Gasteiger partial charge in [0, 0.05) is 13.1 Å². The van der Waals surface area contributed by atoms with E-state index in [-0.39, 0.29) is 18.6 Å². The largest absolute Gasteiger partial charge is 0.481 e. The molecule has 2 rings (SSSR count). The molecule has 2 amide bonds. The van der Waals surface area contributed by atoms with Crippen LogP contribution in [0.2, 0.25) is 0 Å². The van der Waals surface area contributed by atoms with Crippen LogP contribution in [0.5, 0.6) is 0 Å². The molecule has 116 valence electrons. The minimum atomic E-state index is -0.828. The monoisotopic (exact) mass is 296 g/mol. The average molecular weight is 296 g/mol. The number of hydrogen-bond donors (Lipinski definition) is 3. The van der Waals surface area contributed by atoms with Crippen molar-refractivity contribution in [3.05, 3.63) is 5.82 Å². The van der Waals surface area contributed by atoms with E-state index in [0.29, 0.717) is 25.2 Å².